The molecule has 2 aromatic rings. The van der Waals surface area contributed by atoms with Crippen molar-refractivity contribution in [1.82, 2.24) is 4.98 Å². The largest absolute Gasteiger partial charge is 0.488 e. The Hall–Kier alpha value is -2.34. The normalized spacial score (nSPS) is 10.0. The average Bonchev–Trinajstić information content (AvgIpc) is 2.43. The lowest BCUT2D eigenvalue weighted by Crippen LogP contribution is -2.02. The molecular formula is C16H16N2O. The van der Waals surface area contributed by atoms with Crippen LogP contribution in [0.2, 0.25) is 0 Å². The molecule has 0 fully saturated rings. The zero-order chi connectivity index (χ0) is 13.8. The molecule has 0 aliphatic rings. The van der Waals surface area contributed by atoms with Crippen LogP contribution in [0.1, 0.15) is 27.9 Å². The summed E-state index contributed by atoms with van der Waals surface area (Å²) in [7, 11) is 0. The summed E-state index contributed by atoms with van der Waals surface area (Å²) in [6.07, 6.45) is 1.62. The molecule has 0 saturated carbocycles. The smallest absolute Gasteiger partial charge is 0.147 e. The van der Waals surface area contributed by atoms with Crippen molar-refractivity contribution in [3.63, 3.8) is 0 Å². The van der Waals surface area contributed by atoms with Gasteiger partial charge in [0.05, 0.1) is 0 Å². The second-order valence-corrected chi connectivity index (χ2v) is 4.57. The number of aromatic nitrogens is 1. The Morgan fingerprint density at radius 3 is 2.63 bits per heavy atom. The van der Waals surface area contributed by atoms with Crippen LogP contribution in [0.5, 0.6) is 5.75 Å². The lowest BCUT2D eigenvalue weighted by atomic mass is 10.1. The van der Waals surface area contributed by atoms with Gasteiger partial charge in [-0.1, -0.05) is 18.2 Å². The fraction of sp³-hybridized carbons (Fsp3) is 0.250. The van der Waals surface area contributed by atoms with Crippen LogP contribution in [-0.4, -0.2) is 4.98 Å². The predicted molar refractivity (Wildman–Crippen MR) is 73.9 cm³/mol. The summed E-state index contributed by atoms with van der Waals surface area (Å²) in [5.41, 5.74) is 4.68. The van der Waals surface area contributed by atoms with Gasteiger partial charge in [-0.2, -0.15) is 5.26 Å². The third kappa shape index (κ3) is 2.74. The van der Waals surface area contributed by atoms with E-state index in [0.717, 1.165) is 22.4 Å². The topological polar surface area (TPSA) is 45.9 Å². The van der Waals surface area contributed by atoms with Gasteiger partial charge in [0.25, 0.3) is 0 Å². The van der Waals surface area contributed by atoms with E-state index in [1.807, 2.05) is 32.0 Å². The zero-order valence-corrected chi connectivity index (χ0v) is 11.4. The monoisotopic (exact) mass is 252 g/mol. The third-order valence-corrected chi connectivity index (χ3v) is 3.24. The molecule has 0 radical (unpaired) electrons. The highest BCUT2D eigenvalue weighted by Crippen LogP contribution is 2.26. The van der Waals surface area contributed by atoms with Gasteiger partial charge in [-0.15, -0.1) is 0 Å². The van der Waals surface area contributed by atoms with Crippen LogP contribution >= 0.6 is 0 Å². The SMILES string of the molecule is Cc1ccc(C)c(OCc2cccnc2C#N)c1C. The first kappa shape index (κ1) is 13.1. The Morgan fingerprint density at radius 2 is 1.89 bits per heavy atom. The van der Waals surface area contributed by atoms with Crippen LogP contribution < -0.4 is 4.74 Å². The van der Waals surface area contributed by atoms with Crippen LogP contribution in [-0.2, 0) is 6.61 Å². The summed E-state index contributed by atoms with van der Waals surface area (Å²) < 4.78 is 5.89. The maximum Gasteiger partial charge on any atom is 0.147 e. The Morgan fingerprint density at radius 1 is 1.16 bits per heavy atom. The molecule has 2 rings (SSSR count). The van der Waals surface area contributed by atoms with Crippen molar-refractivity contribution in [2.75, 3.05) is 0 Å². The maximum absolute atomic E-state index is 9.00. The van der Waals surface area contributed by atoms with Crippen molar-refractivity contribution in [2.45, 2.75) is 27.4 Å². The molecule has 0 spiro atoms. The van der Waals surface area contributed by atoms with Gasteiger partial charge >= 0.3 is 0 Å². The Kier molecular flexibility index (Phi) is 3.82. The summed E-state index contributed by atoms with van der Waals surface area (Å²) in [4.78, 5) is 4.03. The number of benzene rings is 1. The van der Waals surface area contributed by atoms with Crippen molar-refractivity contribution < 1.29 is 4.74 Å². The Labute approximate surface area is 113 Å². The molecule has 19 heavy (non-hydrogen) atoms. The Balaban J connectivity index is 2.25. The highest BCUT2D eigenvalue weighted by atomic mass is 16.5. The first-order valence-electron chi connectivity index (χ1n) is 6.17. The van der Waals surface area contributed by atoms with Gasteiger partial charge in [0.15, 0.2) is 0 Å². The number of nitrogens with zero attached hydrogens (tertiary/aromatic N) is 2. The van der Waals surface area contributed by atoms with Gasteiger partial charge < -0.3 is 4.74 Å². The molecular weight excluding hydrogens is 236 g/mol. The predicted octanol–water partition coefficient (Wildman–Crippen LogP) is 3.46. The van der Waals surface area contributed by atoms with Crippen LogP contribution in [0.25, 0.3) is 0 Å². The number of pyridine rings is 1. The molecule has 0 amide bonds. The minimum absolute atomic E-state index is 0.363. The van der Waals surface area contributed by atoms with E-state index in [-0.39, 0.29) is 0 Å². The summed E-state index contributed by atoms with van der Waals surface area (Å²) in [5, 5.41) is 9.00. The van der Waals surface area contributed by atoms with Gasteiger partial charge in [0, 0.05) is 11.8 Å². The quantitative estimate of drug-likeness (QED) is 0.840. The highest BCUT2D eigenvalue weighted by Gasteiger charge is 2.08. The zero-order valence-electron chi connectivity index (χ0n) is 11.4. The second-order valence-electron chi connectivity index (χ2n) is 4.57. The highest BCUT2D eigenvalue weighted by molar-refractivity contribution is 5.44. The molecule has 96 valence electrons. The van der Waals surface area contributed by atoms with E-state index in [9.17, 15) is 0 Å². The van der Waals surface area contributed by atoms with Gasteiger partial charge in [-0.3, -0.25) is 0 Å². The molecule has 0 saturated heterocycles. The molecule has 1 aromatic heterocycles. The molecule has 3 heteroatoms. The first-order valence-corrected chi connectivity index (χ1v) is 6.17. The van der Waals surface area contributed by atoms with E-state index in [4.69, 9.17) is 10.00 Å². The van der Waals surface area contributed by atoms with E-state index in [2.05, 4.69) is 24.0 Å². The minimum atomic E-state index is 0.363. The van der Waals surface area contributed by atoms with Crippen molar-refractivity contribution in [3.05, 3.63) is 58.4 Å². The average molecular weight is 252 g/mol. The minimum Gasteiger partial charge on any atom is -0.488 e. The maximum atomic E-state index is 9.00. The number of rotatable bonds is 3. The third-order valence-electron chi connectivity index (χ3n) is 3.24. The molecule has 3 nitrogen and oxygen atoms in total. The molecule has 0 bridgehead atoms. The van der Waals surface area contributed by atoms with Crippen molar-refractivity contribution >= 4 is 0 Å². The van der Waals surface area contributed by atoms with Crippen LogP contribution in [0.15, 0.2) is 30.5 Å². The fourth-order valence-electron chi connectivity index (χ4n) is 1.95. The first-order chi connectivity index (χ1) is 9.13. The number of nitriles is 1. The van der Waals surface area contributed by atoms with E-state index in [1.54, 1.807) is 6.20 Å². The van der Waals surface area contributed by atoms with Crippen molar-refractivity contribution in [1.29, 1.82) is 5.26 Å². The van der Waals surface area contributed by atoms with Gasteiger partial charge in [0.1, 0.15) is 24.1 Å². The lowest BCUT2D eigenvalue weighted by molar-refractivity contribution is 0.301. The second kappa shape index (κ2) is 5.53. The number of aryl methyl sites for hydroxylation is 2. The summed E-state index contributed by atoms with van der Waals surface area (Å²) in [5.74, 6) is 0.896. The lowest BCUT2D eigenvalue weighted by Gasteiger charge is -2.14. The van der Waals surface area contributed by atoms with E-state index in [0.29, 0.717) is 12.3 Å². The van der Waals surface area contributed by atoms with Crippen LogP contribution in [0.3, 0.4) is 0 Å². The number of hydrogen-bond donors (Lipinski definition) is 0. The van der Waals surface area contributed by atoms with E-state index >= 15 is 0 Å². The molecule has 0 unspecified atom stereocenters. The van der Waals surface area contributed by atoms with Gasteiger partial charge in [-0.05, 0) is 43.5 Å². The molecule has 1 aromatic carbocycles. The molecule has 0 N–H and O–H groups in total. The van der Waals surface area contributed by atoms with Crippen molar-refractivity contribution in [3.8, 4) is 11.8 Å². The van der Waals surface area contributed by atoms with Crippen LogP contribution in [0, 0.1) is 32.1 Å². The van der Waals surface area contributed by atoms with E-state index in [1.165, 1.54) is 5.56 Å². The summed E-state index contributed by atoms with van der Waals surface area (Å²) in [6.45, 7) is 6.50. The van der Waals surface area contributed by atoms with Gasteiger partial charge in [0.2, 0.25) is 0 Å². The summed E-state index contributed by atoms with van der Waals surface area (Å²) in [6, 6.07) is 9.90. The molecule has 0 aliphatic heterocycles. The Bertz CT molecular complexity index is 642. The fourth-order valence-corrected chi connectivity index (χ4v) is 1.95. The number of ether oxygens (including phenoxy) is 1. The molecule has 1 heterocycles. The van der Waals surface area contributed by atoms with Gasteiger partial charge in [-0.25, -0.2) is 4.98 Å². The van der Waals surface area contributed by atoms with Crippen LogP contribution in [0.4, 0.5) is 0 Å². The molecule has 0 aliphatic carbocycles. The van der Waals surface area contributed by atoms with E-state index < -0.39 is 0 Å². The molecule has 0 atom stereocenters. The van der Waals surface area contributed by atoms with Crippen molar-refractivity contribution in [2.24, 2.45) is 0 Å². The summed E-state index contributed by atoms with van der Waals surface area (Å²) >= 11 is 0. The standard InChI is InChI=1S/C16H16N2O/c1-11-6-7-12(2)16(13(11)3)19-10-14-5-4-8-18-15(14)9-17/h4-8H,10H2,1-3H3. The number of hydrogen-bond acceptors (Lipinski definition) is 3.